The van der Waals surface area contributed by atoms with Crippen molar-refractivity contribution in [3.63, 3.8) is 0 Å². The molecule has 1 amide bonds. The average molecular weight is 358 g/mol. The van der Waals surface area contributed by atoms with Crippen molar-refractivity contribution in [3.8, 4) is 0 Å². The van der Waals surface area contributed by atoms with Crippen LogP contribution in [0.1, 0.15) is 86.5 Å². The number of amides is 1. The molecule has 0 rings (SSSR count). The number of unbranched alkanes of at least 4 members (excludes halogenated alkanes) is 1. The van der Waals surface area contributed by atoms with Crippen LogP contribution < -0.4 is 5.73 Å². The molecule has 25 heavy (non-hydrogen) atoms. The van der Waals surface area contributed by atoms with Crippen LogP contribution in [0.2, 0.25) is 0 Å². The molecule has 2 N–H and O–H groups in total. The second-order valence-electron chi connectivity index (χ2n) is 7.58. The van der Waals surface area contributed by atoms with Gasteiger partial charge in [0.2, 0.25) is 5.91 Å². The fraction of sp³-hybridized carbons (Fsp3) is 0.952. The SMILES string of the molecule is CCC(C)N.CCCN(C(=O)[C@H](CC)CCCCN(C)C)C(C)CC. The Bertz CT molecular complexity index is 306. The smallest absolute Gasteiger partial charge is 0.225 e. The molecule has 2 unspecified atom stereocenters. The number of rotatable bonds is 12. The minimum absolute atomic E-state index is 0.220. The summed E-state index contributed by atoms with van der Waals surface area (Å²) < 4.78 is 0. The van der Waals surface area contributed by atoms with Crippen LogP contribution in [-0.4, -0.2) is 55.0 Å². The van der Waals surface area contributed by atoms with Gasteiger partial charge in [-0.2, -0.15) is 0 Å². The highest BCUT2D eigenvalue weighted by Crippen LogP contribution is 2.19. The van der Waals surface area contributed by atoms with E-state index in [1.54, 1.807) is 0 Å². The maximum absolute atomic E-state index is 12.7. The van der Waals surface area contributed by atoms with Gasteiger partial charge in [0.25, 0.3) is 0 Å². The largest absolute Gasteiger partial charge is 0.340 e. The normalized spacial score (nSPS) is 14.5. The first kappa shape index (κ1) is 26.6. The van der Waals surface area contributed by atoms with Crippen molar-refractivity contribution < 1.29 is 4.79 Å². The number of nitrogens with zero attached hydrogens (tertiary/aromatic N) is 2. The fourth-order valence-corrected chi connectivity index (χ4v) is 2.56. The Labute approximate surface area is 158 Å². The van der Waals surface area contributed by atoms with Crippen LogP contribution >= 0.6 is 0 Å². The van der Waals surface area contributed by atoms with Gasteiger partial charge in [-0.05, 0) is 73.0 Å². The van der Waals surface area contributed by atoms with Gasteiger partial charge in [0.1, 0.15) is 0 Å². The van der Waals surface area contributed by atoms with Crippen molar-refractivity contribution >= 4 is 5.91 Å². The van der Waals surface area contributed by atoms with Gasteiger partial charge in [0.05, 0.1) is 0 Å². The van der Waals surface area contributed by atoms with E-state index in [0.717, 1.165) is 51.6 Å². The molecule has 0 radical (unpaired) electrons. The van der Waals surface area contributed by atoms with E-state index in [1.807, 2.05) is 6.92 Å². The van der Waals surface area contributed by atoms with Crippen LogP contribution in [0.5, 0.6) is 0 Å². The highest BCUT2D eigenvalue weighted by atomic mass is 16.2. The first-order chi connectivity index (χ1) is 11.7. The quantitative estimate of drug-likeness (QED) is 0.522. The van der Waals surface area contributed by atoms with Crippen LogP contribution in [0.4, 0.5) is 0 Å². The third kappa shape index (κ3) is 14.3. The van der Waals surface area contributed by atoms with Crippen LogP contribution in [0.25, 0.3) is 0 Å². The van der Waals surface area contributed by atoms with Crippen molar-refractivity contribution in [2.75, 3.05) is 27.2 Å². The van der Waals surface area contributed by atoms with Gasteiger partial charge in [0.15, 0.2) is 0 Å². The average Bonchev–Trinajstić information content (AvgIpc) is 2.58. The molecule has 0 aliphatic heterocycles. The maximum Gasteiger partial charge on any atom is 0.225 e. The van der Waals surface area contributed by atoms with Crippen LogP contribution in [0.15, 0.2) is 0 Å². The molecule has 3 atom stereocenters. The highest BCUT2D eigenvalue weighted by Gasteiger charge is 2.24. The standard InChI is InChI=1S/C17H36N2O.C4H11N/c1-7-13-19(15(4)8-2)17(20)16(9-3)12-10-11-14-18(5)6;1-3-4(2)5/h15-16H,7-14H2,1-6H3;4H,3,5H2,1-2H3/t15?,16-;/m1./s1. The zero-order valence-electron chi connectivity index (χ0n) is 18.5. The van der Waals surface area contributed by atoms with Crippen molar-refractivity contribution in [3.05, 3.63) is 0 Å². The highest BCUT2D eigenvalue weighted by molar-refractivity contribution is 5.79. The number of carbonyl (C=O) groups excluding carboxylic acids is 1. The zero-order chi connectivity index (χ0) is 19.8. The summed E-state index contributed by atoms with van der Waals surface area (Å²) in [5.41, 5.74) is 5.29. The molecule has 0 aromatic heterocycles. The van der Waals surface area contributed by atoms with E-state index in [1.165, 1.54) is 6.42 Å². The topological polar surface area (TPSA) is 49.6 Å². The second-order valence-corrected chi connectivity index (χ2v) is 7.58. The van der Waals surface area contributed by atoms with Crippen molar-refractivity contribution in [2.45, 2.75) is 98.6 Å². The van der Waals surface area contributed by atoms with Gasteiger partial charge in [-0.3, -0.25) is 4.79 Å². The summed E-state index contributed by atoms with van der Waals surface area (Å²) in [6.45, 7) is 14.7. The molecular weight excluding hydrogens is 310 g/mol. The molecule has 0 saturated carbocycles. The van der Waals surface area contributed by atoms with Crippen LogP contribution in [0, 0.1) is 5.92 Å². The lowest BCUT2D eigenvalue weighted by atomic mass is 9.96. The van der Waals surface area contributed by atoms with E-state index in [9.17, 15) is 4.79 Å². The zero-order valence-corrected chi connectivity index (χ0v) is 18.5. The maximum atomic E-state index is 12.7. The molecule has 152 valence electrons. The van der Waals surface area contributed by atoms with E-state index < -0.39 is 0 Å². The lowest BCUT2D eigenvalue weighted by molar-refractivity contribution is -0.138. The summed E-state index contributed by atoms with van der Waals surface area (Å²) in [4.78, 5) is 17.0. The minimum Gasteiger partial charge on any atom is -0.340 e. The Morgan fingerprint density at radius 2 is 1.48 bits per heavy atom. The van der Waals surface area contributed by atoms with Gasteiger partial charge < -0.3 is 15.5 Å². The Morgan fingerprint density at radius 3 is 1.84 bits per heavy atom. The molecule has 4 heteroatoms. The summed E-state index contributed by atoms with van der Waals surface area (Å²) in [6, 6.07) is 0.758. The molecule has 0 bridgehead atoms. The Morgan fingerprint density at radius 1 is 0.920 bits per heavy atom. The van der Waals surface area contributed by atoms with E-state index in [-0.39, 0.29) is 5.92 Å². The van der Waals surface area contributed by atoms with E-state index in [0.29, 0.717) is 18.0 Å². The number of hydrogen-bond acceptors (Lipinski definition) is 3. The van der Waals surface area contributed by atoms with Gasteiger partial charge >= 0.3 is 0 Å². The third-order valence-electron chi connectivity index (χ3n) is 4.76. The number of carbonyl (C=O) groups is 1. The Balaban J connectivity index is 0. The summed E-state index contributed by atoms with van der Waals surface area (Å²) in [5, 5.41) is 0. The van der Waals surface area contributed by atoms with Crippen LogP contribution in [-0.2, 0) is 4.79 Å². The lowest BCUT2D eigenvalue weighted by Gasteiger charge is -2.31. The van der Waals surface area contributed by atoms with Gasteiger partial charge in [-0.1, -0.05) is 34.1 Å². The van der Waals surface area contributed by atoms with Crippen molar-refractivity contribution in [2.24, 2.45) is 11.7 Å². The first-order valence-electron chi connectivity index (χ1n) is 10.5. The summed E-state index contributed by atoms with van der Waals surface area (Å²) >= 11 is 0. The lowest BCUT2D eigenvalue weighted by Crippen LogP contribution is -2.42. The molecule has 0 aliphatic carbocycles. The molecule has 0 aromatic carbocycles. The summed E-state index contributed by atoms with van der Waals surface area (Å²) in [5.74, 6) is 0.603. The third-order valence-corrected chi connectivity index (χ3v) is 4.76. The molecule has 0 fully saturated rings. The van der Waals surface area contributed by atoms with Gasteiger partial charge in [0, 0.05) is 24.5 Å². The molecule has 4 nitrogen and oxygen atoms in total. The molecule has 0 aromatic rings. The second kappa shape index (κ2) is 16.8. The van der Waals surface area contributed by atoms with Crippen molar-refractivity contribution in [1.82, 2.24) is 9.80 Å². The van der Waals surface area contributed by atoms with Gasteiger partial charge in [-0.15, -0.1) is 0 Å². The van der Waals surface area contributed by atoms with E-state index >= 15 is 0 Å². The summed E-state index contributed by atoms with van der Waals surface area (Å²) in [7, 11) is 4.21. The Kier molecular flexibility index (Phi) is 17.9. The fourth-order valence-electron chi connectivity index (χ4n) is 2.56. The summed E-state index contributed by atoms with van der Waals surface area (Å²) in [6.07, 6.45) is 7.53. The predicted molar refractivity (Wildman–Crippen MR) is 112 cm³/mol. The van der Waals surface area contributed by atoms with E-state index in [2.05, 4.69) is 58.5 Å². The monoisotopic (exact) mass is 357 g/mol. The molecular formula is C21H47N3O. The molecule has 0 spiro atoms. The van der Waals surface area contributed by atoms with E-state index in [4.69, 9.17) is 5.73 Å². The number of nitrogens with two attached hydrogens (primary N) is 1. The number of hydrogen-bond donors (Lipinski definition) is 1. The molecule has 0 saturated heterocycles. The minimum atomic E-state index is 0.220. The molecule has 0 aliphatic rings. The van der Waals surface area contributed by atoms with Crippen molar-refractivity contribution in [1.29, 1.82) is 0 Å². The predicted octanol–water partition coefficient (Wildman–Crippen LogP) is 4.53. The molecule has 0 heterocycles. The first-order valence-corrected chi connectivity index (χ1v) is 10.5. The Hall–Kier alpha value is -0.610. The van der Waals surface area contributed by atoms with Gasteiger partial charge in [-0.25, -0.2) is 0 Å². The van der Waals surface area contributed by atoms with Crippen LogP contribution in [0.3, 0.4) is 0 Å².